The summed E-state index contributed by atoms with van der Waals surface area (Å²) >= 11 is -1.55. The maximum absolute atomic E-state index is 2.58. The fourth-order valence-corrected chi connectivity index (χ4v) is 6.23. The molecule has 1 atom stereocenters. The Morgan fingerprint density at radius 3 is 2.36 bits per heavy atom. The molecule has 0 bridgehead atoms. The zero-order valence-corrected chi connectivity index (χ0v) is 11.5. The molecule has 2 aliphatic carbocycles. The van der Waals surface area contributed by atoms with Crippen molar-refractivity contribution in [2.75, 3.05) is 0 Å². The van der Waals surface area contributed by atoms with Gasteiger partial charge in [-0.25, -0.2) is 0 Å². The summed E-state index contributed by atoms with van der Waals surface area (Å²) in [6.45, 7) is 2.44. The second-order valence-electron chi connectivity index (χ2n) is 5.83. The van der Waals surface area contributed by atoms with Gasteiger partial charge in [0.15, 0.2) is 0 Å². The first-order valence-corrected chi connectivity index (χ1v) is 11.4. The van der Waals surface area contributed by atoms with E-state index < -0.39 is 16.6 Å². The fourth-order valence-electron chi connectivity index (χ4n) is 2.98. The Labute approximate surface area is 91.8 Å². The Morgan fingerprint density at radius 2 is 1.79 bits per heavy atom. The first-order chi connectivity index (χ1) is 6.50. The number of allylic oxidation sites excluding steroid dienone is 4. The van der Waals surface area contributed by atoms with Crippen molar-refractivity contribution in [3.8, 4) is 0 Å². The van der Waals surface area contributed by atoms with Gasteiger partial charge in [-0.1, -0.05) is 0 Å². The molecule has 14 heavy (non-hydrogen) atoms. The molecule has 0 aromatic rings. The van der Waals surface area contributed by atoms with Gasteiger partial charge in [0.2, 0.25) is 0 Å². The van der Waals surface area contributed by atoms with Crippen molar-refractivity contribution in [3.63, 3.8) is 0 Å². The van der Waals surface area contributed by atoms with Gasteiger partial charge in [-0.15, -0.1) is 0 Å². The van der Waals surface area contributed by atoms with Crippen LogP contribution in [0, 0.1) is 5.92 Å². The van der Waals surface area contributed by atoms with Crippen LogP contribution in [0.15, 0.2) is 21.1 Å². The SMILES string of the molecule is CC1[C]([Ti]([CH3])([CH3])[CH3])=CC2=C1CCCC2. The molecule has 0 saturated carbocycles. The van der Waals surface area contributed by atoms with Crippen LogP contribution in [-0.2, 0) is 16.6 Å². The number of rotatable bonds is 1. The van der Waals surface area contributed by atoms with Crippen molar-refractivity contribution in [2.24, 2.45) is 5.92 Å². The Balaban J connectivity index is 2.28. The number of hydrogen-bond donors (Lipinski definition) is 0. The summed E-state index contributed by atoms with van der Waals surface area (Å²) in [5.41, 5.74) is 3.52. The fraction of sp³-hybridized carbons (Fsp3) is 0.692. The van der Waals surface area contributed by atoms with E-state index in [1.165, 1.54) is 25.7 Å². The van der Waals surface area contributed by atoms with Crippen LogP contribution in [-0.4, -0.2) is 0 Å². The molecule has 0 radical (unpaired) electrons. The van der Waals surface area contributed by atoms with E-state index in [9.17, 15) is 0 Å². The van der Waals surface area contributed by atoms with Gasteiger partial charge in [0.1, 0.15) is 0 Å². The molecule has 0 aromatic carbocycles. The molecular weight excluding hydrogens is 204 g/mol. The predicted octanol–water partition coefficient (Wildman–Crippen LogP) is 4.69. The maximum atomic E-state index is 2.58. The summed E-state index contributed by atoms with van der Waals surface area (Å²) in [7, 11) is 0. The minimum absolute atomic E-state index is 0.810. The van der Waals surface area contributed by atoms with Gasteiger partial charge < -0.3 is 0 Å². The van der Waals surface area contributed by atoms with Crippen LogP contribution in [0.4, 0.5) is 0 Å². The van der Waals surface area contributed by atoms with Crippen molar-refractivity contribution in [2.45, 2.75) is 48.3 Å². The second kappa shape index (κ2) is 3.65. The quantitative estimate of drug-likeness (QED) is 0.569. The molecule has 0 saturated heterocycles. The summed E-state index contributed by atoms with van der Waals surface area (Å²) in [6, 6.07) is 0. The molecule has 0 amide bonds. The first kappa shape index (κ1) is 10.7. The Hall–Kier alpha value is 0.194. The second-order valence-corrected chi connectivity index (χ2v) is 13.8. The van der Waals surface area contributed by atoms with E-state index in [4.69, 9.17) is 0 Å². The molecule has 0 fully saturated rings. The summed E-state index contributed by atoms with van der Waals surface area (Å²) in [4.78, 5) is 0. The summed E-state index contributed by atoms with van der Waals surface area (Å²) < 4.78 is 1.84. The van der Waals surface area contributed by atoms with Crippen LogP contribution < -0.4 is 0 Å². The molecule has 78 valence electrons. The van der Waals surface area contributed by atoms with Gasteiger partial charge in [-0.3, -0.25) is 0 Å². The van der Waals surface area contributed by atoms with E-state index in [0.29, 0.717) is 0 Å². The van der Waals surface area contributed by atoms with E-state index in [-0.39, 0.29) is 0 Å². The molecule has 2 aliphatic rings. The van der Waals surface area contributed by atoms with Crippen LogP contribution in [0.3, 0.4) is 0 Å². The van der Waals surface area contributed by atoms with Crippen LogP contribution in [0.25, 0.3) is 0 Å². The average Bonchev–Trinajstić information content (AvgIpc) is 2.44. The molecule has 1 heteroatoms. The van der Waals surface area contributed by atoms with E-state index in [1.807, 2.05) is 3.88 Å². The van der Waals surface area contributed by atoms with Crippen LogP contribution in [0.5, 0.6) is 0 Å². The monoisotopic (exact) mass is 226 g/mol. The van der Waals surface area contributed by atoms with Crippen LogP contribution in [0.1, 0.15) is 32.6 Å². The van der Waals surface area contributed by atoms with E-state index in [0.717, 1.165) is 5.92 Å². The molecular formula is C13H22Ti. The van der Waals surface area contributed by atoms with E-state index in [2.05, 4.69) is 28.7 Å². The van der Waals surface area contributed by atoms with Crippen LogP contribution >= 0.6 is 0 Å². The first-order valence-electron chi connectivity index (χ1n) is 5.94. The summed E-state index contributed by atoms with van der Waals surface area (Å²) in [5, 5.41) is 7.59. The zero-order valence-electron chi connectivity index (χ0n) is 9.98. The predicted molar refractivity (Wildman–Crippen MR) is 60.3 cm³/mol. The van der Waals surface area contributed by atoms with Crippen molar-refractivity contribution in [1.82, 2.24) is 0 Å². The molecule has 1 unspecified atom stereocenters. The van der Waals surface area contributed by atoms with Crippen molar-refractivity contribution < 1.29 is 16.6 Å². The molecule has 0 spiro atoms. The van der Waals surface area contributed by atoms with Gasteiger partial charge in [-0.05, 0) is 0 Å². The third-order valence-corrected chi connectivity index (χ3v) is 7.35. The Bertz CT molecular complexity index is 302. The molecule has 0 aromatic heterocycles. The molecule has 0 N–H and O–H groups in total. The van der Waals surface area contributed by atoms with Gasteiger partial charge in [0.05, 0.1) is 0 Å². The molecule has 0 aliphatic heterocycles. The Kier molecular flexibility index (Phi) is 2.79. The van der Waals surface area contributed by atoms with Crippen molar-refractivity contribution in [1.29, 1.82) is 0 Å². The van der Waals surface area contributed by atoms with Crippen molar-refractivity contribution in [3.05, 3.63) is 21.1 Å². The summed E-state index contributed by atoms with van der Waals surface area (Å²) in [5.74, 6) is 0.810. The van der Waals surface area contributed by atoms with Gasteiger partial charge in [-0.2, -0.15) is 0 Å². The molecule has 2 rings (SSSR count). The van der Waals surface area contributed by atoms with Gasteiger partial charge >= 0.3 is 91.9 Å². The van der Waals surface area contributed by atoms with Gasteiger partial charge in [0, 0.05) is 0 Å². The van der Waals surface area contributed by atoms with Gasteiger partial charge in [0.25, 0.3) is 0 Å². The number of hydrogen-bond acceptors (Lipinski definition) is 0. The Morgan fingerprint density at radius 1 is 1.14 bits per heavy atom. The average molecular weight is 226 g/mol. The van der Waals surface area contributed by atoms with Crippen molar-refractivity contribution >= 4 is 0 Å². The third kappa shape index (κ3) is 1.79. The normalized spacial score (nSPS) is 27.7. The zero-order chi connectivity index (χ0) is 10.3. The standard InChI is InChI=1S/C10H13.3CH3.Ti/c1-8-6-7-9-4-2-3-5-10(8)9;;;;/h7-8H,2-5H2,1H3;3*1H3;. The van der Waals surface area contributed by atoms with E-state index >= 15 is 0 Å². The van der Waals surface area contributed by atoms with Crippen LogP contribution in [0.2, 0.25) is 15.7 Å². The third-order valence-electron chi connectivity index (χ3n) is 3.74. The topological polar surface area (TPSA) is 0 Å². The molecule has 0 nitrogen and oxygen atoms in total. The summed E-state index contributed by atoms with van der Waals surface area (Å²) in [6.07, 6.45) is 8.18. The molecule has 0 heterocycles. The van der Waals surface area contributed by atoms with E-state index in [1.54, 1.807) is 11.1 Å². The minimum atomic E-state index is -1.55.